The zero-order chi connectivity index (χ0) is 20.8. The summed E-state index contributed by atoms with van der Waals surface area (Å²) in [5.74, 6) is -0.576. The second kappa shape index (κ2) is 9.38. The molecule has 0 bridgehead atoms. The van der Waals surface area contributed by atoms with Gasteiger partial charge in [0.15, 0.2) is 11.8 Å². The number of methoxy groups -OCH3 is 1. The molecule has 0 unspecified atom stereocenters. The number of halogens is 1. The Balaban J connectivity index is 1.78. The van der Waals surface area contributed by atoms with E-state index in [-0.39, 0.29) is 18.2 Å². The van der Waals surface area contributed by atoms with Crippen molar-refractivity contribution < 1.29 is 23.5 Å². The molecular formula is C21H19FN2O4S. The van der Waals surface area contributed by atoms with Crippen molar-refractivity contribution in [2.24, 2.45) is 4.99 Å². The van der Waals surface area contributed by atoms with Crippen molar-refractivity contribution in [2.75, 3.05) is 20.3 Å². The number of amidine groups is 1. The summed E-state index contributed by atoms with van der Waals surface area (Å²) in [7, 11) is 1.29. The number of nitrogens with zero attached hydrogens (tertiary/aromatic N) is 2. The second-order valence-corrected chi connectivity index (χ2v) is 6.95. The number of benzene rings is 2. The highest BCUT2D eigenvalue weighted by molar-refractivity contribution is 8.18. The Labute approximate surface area is 172 Å². The lowest BCUT2D eigenvalue weighted by atomic mass is 10.2. The number of amides is 1. The van der Waals surface area contributed by atoms with Crippen LogP contribution in [-0.2, 0) is 14.3 Å². The topological polar surface area (TPSA) is 68.2 Å². The Morgan fingerprint density at radius 2 is 1.93 bits per heavy atom. The molecule has 0 spiro atoms. The van der Waals surface area contributed by atoms with Crippen LogP contribution in [0.2, 0.25) is 0 Å². The minimum Gasteiger partial charge on any atom is -0.482 e. The zero-order valence-electron chi connectivity index (χ0n) is 15.9. The normalized spacial score (nSPS) is 16.5. The number of ether oxygens (including phenoxy) is 2. The molecule has 150 valence electrons. The molecule has 0 atom stereocenters. The number of rotatable bonds is 6. The van der Waals surface area contributed by atoms with Gasteiger partial charge in [-0.25, -0.2) is 14.2 Å². The van der Waals surface area contributed by atoms with Gasteiger partial charge in [-0.1, -0.05) is 24.3 Å². The highest BCUT2D eigenvalue weighted by atomic mass is 32.2. The standard InChI is InChI=1S/C21H19FN2O4S/c1-3-24-20(26)18(29-21(24)23-17-7-5-4-6-16(17)22)12-14-8-10-15(11-9-14)28-13-19(25)27-2/h4-12H,3,13H2,1-2H3/b18-12+,23-21?. The smallest absolute Gasteiger partial charge is 0.343 e. The number of likely N-dealkylation sites (N-methyl/N-ethyl adjacent to an activating group) is 1. The van der Waals surface area contributed by atoms with Crippen molar-refractivity contribution in [3.8, 4) is 5.75 Å². The van der Waals surface area contributed by atoms with E-state index in [1.807, 2.05) is 6.92 Å². The van der Waals surface area contributed by atoms with Crippen LogP contribution in [-0.4, -0.2) is 42.2 Å². The van der Waals surface area contributed by atoms with Gasteiger partial charge in [0.1, 0.15) is 17.3 Å². The van der Waals surface area contributed by atoms with Gasteiger partial charge in [-0.15, -0.1) is 0 Å². The van der Waals surface area contributed by atoms with Crippen molar-refractivity contribution in [1.82, 2.24) is 4.90 Å². The SMILES string of the molecule is CCN1C(=O)/C(=C\c2ccc(OCC(=O)OC)cc2)SC1=Nc1ccccc1F. The summed E-state index contributed by atoms with van der Waals surface area (Å²) in [5.41, 5.74) is 0.976. The minimum absolute atomic E-state index is 0.174. The lowest BCUT2D eigenvalue weighted by Gasteiger charge is -2.12. The third kappa shape index (κ3) is 5.03. The van der Waals surface area contributed by atoms with Crippen LogP contribution in [0.4, 0.5) is 10.1 Å². The Morgan fingerprint density at radius 1 is 1.21 bits per heavy atom. The summed E-state index contributed by atoms with van der Waals surface area (Å²) in [6.07, 6.45) is 1.74. The van der Waals surface area contributed by atoms with Gasteiger partial charge in [-0.05, 0) is 54.6 Å². The fraction of sp³-hybridized carbons (Fsp3) is 0.190. The molecule has 2 aromatic rings. The number of carbonyl (C=O) groups is 2. The van der Waals surface area contributed by atoms with E-state index in [1.54, 1.807) is 48.5 Å². The van der Waals surface area contributed by atoms with Gasteiger partial charge in [-0.3, -0.25) is 9.69 Å². The first-order chi connectivity index (χ1) is 14.0. The lowest BCUT2D eigenvalue weighted by molar-refractivity contribution is -0.142. The van der Waals surface area contributed by atoms with E-state index in [9.17, 15) is 14.0 Å². The predicted octanol–water partition coefficient (Wildman–Crippen LogP) is 4.00. The molecule has 1 aliphatic heterocycles. The number of carbonyl (C=O) groups excluding carboxylic acids is 2. The van der Waals surface area contributed by atoms with Crippen LogP contribution in [0.25, 0.3) is 6.08 Å². The van der Waals surface area contributed by atoms with Gasteiger partial charge in [-0.2, -0.15) is 0 Å². The molecule has 29 heavy (non-hydrogen) atoms. The fourth-order valence-electron chi connectivity index (χ4n) is 2.53. The summed E-state index contributed by atoms with van der Waals surface area (Å²) < 4.78 is 23.7. The van der Waals surface area contributed by atoms with E-state index in [4.69, 9.17) is 4.74 Å². The van der Waals surface area contributed by atoms with E-state index in [0.717, 1.165) is 5.56 Å². The quantitative estimate of drug-likeness (QED) is 0.528. The minimum atomic E-state index is -0.467. The maximum absolute atomic E-state index is 13.9. The van der Waals surface area contributed by atoms with Crippen LogP contribution >= 0.6 is 11.8 Å². The average molecular weight is 414 g/mol. The molecule has 1 saturated heterocycles. The summed E-state index contributed by atoms with van der Waals surface area (Å²) in [4.78, 5) is 30.1. The van der Waals surface area contributed by atoms with Gasteiger partial charge in [0.05, 0.1) is 12.0 Å². The first-order valence-electron chi connectivity index (χ1n) is 8.86. The van der Waals surface area contributed by atoms with Crippen molar-refractivity contribution >= 4 is 40.6 Å². The largest absolute Gasteiger partial charge is 0.482 e. The first kappa shape index (κ1) is 20.6. The first-order valence-corrected chi connectivity index (χ1v) is 9.67. The lowest BCUT2D eigenvalue weighted by Crippen LogP contribution is -2.28. The number of para-hydroxylation sites is 1. The van der Waals surface area contributed by atoms with Crippen LogP contribution in [0.15, 0.2) is 58.4 Å². The molecule has 1 fully saturated rings. The maximum Gasteiger partial charge on any atom is 0.343 e. The molecule has 1 aliphatic rings. The van der Waals surface area contributed by atoms with Crippen LogP contribution < -0.4 is 4.74 Å². The molecule has 0 N–H and O–H groups in total. The van der Waals surface area contributed by atoms with Gasteiger partial charge < -0.3 is 9.47 Å². The van der Waals surface area contributed by atoms with E-state index < -0.39 is 11.8 Å². The Hall–Kier alpha value is -3.13. The molecule has 0 aromatic heterocycles. The van der Waals surface area contributed by atoms with Crippen molar-refractivity contribution in [2.45, 2.75) is 6.92 Å². The van der Waals surface area contributed by atoms with E-state index >= 15 is 0 Å². The monoisotopic (exact) mass is 414 g/mol. The summed E-state index contributed by atoms with van der Waals surface area (Å²) >= 11 is 1.20. The molecular weight excluding hydrogens is 395 g/mol. The fourth-order valence-corrected chi connectivity index (χ4v) is 3.58. The number of hydrogen-bond donors (Lipinski definition) is 0. The Kier molecular flexibility index (Phi) is 6.66. The van der Waals surface area contributed by atoms with Gasteiger partial charge in [0.25, 0.3) is 5.91 Å². The van der Waals surface area contributed by atoms with Crippen LogP contribution in [0.5, 0.6) is 5.75 Å². The highest BCUT2D eigenvalue weighted by Gasteiger charge is 2.32. The van der Waals surface area contributed by atoms with Crippen LogP contribution in [0.3, 0.4) is 0 Å². The van der Waals surface area contributed by atoms with Crippen molar-refractivity contribution in [3.63, 3.8) is 0 Å². The van der Waals surface area contributed by atoms with E-state index in [2.05, 4.69) is 9.73 Å². The third-order valence-corrected chi connectivity index (χ3v) is 5.04. The number of thioether (sulfide) groups is 1. The predicted molar refractivity (Wildman–Crippen MR) is 110 cm³/mol. The summed E-state index contributed by atoms with van der Waals surface area (Å²) in [6, 6.07) is 13.1. The van der Waals surface area contributed by atoms with Gasteiger partial charge in [0.2, 0.25) is 0 Å². The number of aliphatic imine (C=N–C) groups is 1. The zero-order valence-corrected chi connectivity index (χ0v) is 16.7. The molecule has 1 amide bonds. The summed E-state index contributed by atoms with van der Waals surface area (Å²) in [6.45, 7) is 2.09. The van der Waals surface area contributed by atoms with E-state index in [1.165, 1.54) is 29.8 Å². The average Bonchev–Trinajstić information content (AvgIpc) is 3.03. The number of esters is 1. The van der Waals surface area contributed by atoms with Gasteiger partial charge >= 0.3 is 5.97 Å². The Bertz CT molecular complexity index is 973. The van der Waals surface area contributed by atoms with Crippen molar-refractivity contribution in [3.05, 3.63) is 64.8 Å². The van der Waals surface area contributed by atoms with E-state index in [0.29, 0.717) is 22.4 Å². The molecule has 8 heteroatoms. The molecule has 1 heterocycles. The summed E-state index contributed by atoms with van der Waals surface area (Å²) in [5, 5.41) is 0.437. The molecule has 0 aliphatic carbocycles. The second-order valence-electron chi connectivity index (χ2n) is 5.94. The Morgan fingerprint density at radius 3 is 2.59 bits per heavy atom. The van der Waals surface area contributed by atoms with Crippen LogP contribution in [0, 0.1) is 5.82 Å². The molecule has 6 nitrogen and oxygen atoms in total. The third-order valence-electron chi connectivity index (χ3n) is 4.04. The van der Waals surface area contributed by atoms with Gasteiger partial charge in [0, 0.05) is 6.54 Å². The maximum atomic E-state index is 13.9. The highest BCUT2D eigenvalue weighted by Crippen LogP contribution is 2.34. The van der Waals surface area contributed by atoms with Crippen LogP contribution in [0.1, 0.15) is 12.5 Å². The molecule has 3 rings (SSSR count). The van der Waals surface area contributed by atoms with Crippen molar-refractivity contribution in [1.29, 1.82) is 0 Å². The molecule has 0 saturated carbocycles. The molecule has 2 aromatic carbocycles. The number of hydrogen-bond acceptors (Lipinski definition) is 6. The molecule has 0 radical (unpaired) electrons.